The van der Waals surface area contributed by atoms with Gasteiger partial charge < -0.3 is 14.8 Å². The lowest BCUT2D eigenvalue weighted by Crippen LogP contribution is -2.23. The van der Waals surface area contributed by atoms with Crippen LogP contribution in [0.4, 0.5) is 0 Å². The average molecular weight is 409 g/mol. The van der Waals surface area contributed by atoms with Crippen LogP contribution in [0.5, 0.6) is 11.5 Å². The molecule has 0 atom stereocenters. The van der Waals surface area contributed by atoms with Crippen LogP contribution in [-0.4, -0.2) is 26.3 Å². The van der Waals surface area contributed by atoms with Gasteiger partial charge in [0.05, 0.1) is 22.7 Å². The molecule has 0 spiro atoms. The number of hydrogen-bond donors (Lipinski definition) is 1. The molecule has 0 heterocycles. The lowest BCUT2D eigenvalue weighted by Gasteiger charge is -2.11. The fourth-order valence-electron chi connectivity index (χ4n) is 1.75. The summed E-state index contributed by atoms with van der Waals surface area (Å²) in [6, 6.07) is 4.41. The van der Waals surface area contributed by atoms with Gasteiger partial charge in [0.1, 0.15) is 11.5 Å². The van der Waals surface area contributed by atoms with Crippen LogP contribution in [0.15, 0.2) is 21.1 Å². The first-order valence-corrected chi connectivity index (χ1v) is 8.52. The standard InChI is InChI=1S/C15H23Br2NO2/c1-11(2)18-7-5-4-6-8-20-15-10-12(16)14(19-3)9-13(15)17/h9-11,18H,4-8H2,1-3H3. The highest BCUT2D eigenvalue weighted by atomic mass is 79.9. The van der Waals surface area contributed by atoms with Crippen LogP contribution in [0, 0.1) is 0 Å². The summed E-state index contributed by atoms with van der Waals surface area (Å²) in [5.41, 5.74) is 0. The Balaban J connectivity index is 2.27. The van der Waals surface area contributed by atoms with E-state index in [1.54, 1.807) is 7.11 Å². The summed E-state index contributed by atoms with van der Waals surface area (Å²) in [5, 5.41) is 3.41. The average Bonchev–Trinajstić information content (AvgIpc) is 2.40. The van der Waals surface area contributed by atoms with Gasteiger partial charge in [0.25, 0.3) is 0 Å². The van der Waals surface area contributed by atoms with Crippen molar-refractivity contribution in [3.05, 3.63) is 21.1 Å². The summed E-state index contributed by atoms with van der Waals surface area (Å²) in [4.78, 5) is 0. The Morgan fingerprint density at radius 1 is 1.05 bits per heavy atom. The van der Waals surface area contributed by atoms with Crippen LogP contribution in [0.2, 0.25) is 0 Å². The molecule has 0 amide bonds. The highest BCUT2D eigenvalue weighted by Gasteiger charge is 2.07. The van der Waals surface area contributed by atoms with Gasteiger partial charge in [-0.3, -0.25) is 0 Å². The third-order valence-corrected chi connectivity index (χ3v) is 4.08. The summed E-state index contributed by atoms with van der Waals surface area (Å²) in [5.74, 6) is 1.64. The minimum Gasteiger partial charge on any atom is -0.496 e. The van der Waals surface area contributed by atoms with Gasteiger partial charge in [-0.05, 0) is 69.8 Å². The largest absolute Gasteiger partial charge is 0.496 e. The molecule has 0 aliphatic rings. The van der Waals surface area contributed by atoms with E-state index in [0.29, 0.717) is 6.04 Å². The van der Waals surface area contributed by atoms with Crippen LogP contribution < -0.4 is 14.8 Å². The predicted octanol–water partition coefficient (Wildman–Crippen LogP) is 4.77. The topological polar surface area (TPSA) is 30.5 Å². The zero-order chi connectivity index (χ0) is 15.0. The Kier molecular flexibility index (Phi) is 8.57. The van der Waals surface area contributed by atoms with E-state index in [0.717, 1.165) is 40.0 Å². The Labute approximate surface area is 138 Å². The number of halogens is 2. The molecule has 0 radical (unpaired) electrons. The molecule has 1 aromatic rings. The second-order valence-electron chi connectivity index (χ2n) is 4.94. The lowest BCUT2D eigenvalue weighted by molar-refractivity contribution is 0.302. The van der Waals surface area contributed by atoms with Crippen molar-refractivity contribution in [3.8, 4) is 11.5 Å². The van der Waals surface area contributed by atoms with Crippen molar-refractivity contribution in [3.63, 3.8) is 0 Å². The molecule has 0 bridgehead atoms. The van der Waals surface area contributed by atoms with Crippen molar-refractivity contribution in [2.75, 3.05) is 20.3 Å². The van der Waals surface area contributed by atoms with E-state index in [1.807, 2.05) is 12.1 Å². The van der Waals surface area contributed by atoms with E-state index in [9.17, 15) is 0 Å². The summed E-state index contributed by atoms with van der Waals surface area (Å²) in [7, 11) is 1.65. The lowest BCUT2D eigenvalue weighted by atomic mass is 10.2. The van der Waals surface area contributed by atoms with Crippen molar-refractivity contribution >= 4 is 31.9 Å². The first-order valence-electron chi connectivity index (χ1n) is 6.93. The fourth-order valence-corrected chi connectivity index (χ4v) is 2.68. The molecular weight excluding hydrogens is 386 g/mol. The molecule has 0 aromatic heterocycles. The van der Waals surface area contributed by atoms with E-state index in [4.69, 9.17) is 9.47 Å². The molecule has 1 rings (SSSR count). The van der Waals surface area contributed by atoms with E-state index >= 15 is 0 Å². The third-order valence-electron chi connectivity index (χ3n) is 2.84. The summed E-state index contributed by atoms with van der Waals surface area (Å²) < 4.78 is 12.8. The molecule has 5 heteroatoms. The molecular formula is C15H23Br2NO2. The predicted molar refractivity (Wildman–Crippen MR) is 90.9 cm³/mol. The monoisotopic (exact) mass is 407 g/mol. The molecule has 1 aromatic carbocycles. The number of unbranched alkanes of at least 4 members (excludes halogenated alkanes) is 2. The van der Waals surface area contributed by atoms with E-state index in [1.165, 1.54) is 12.8 Å². The normalized spacial score (nSPS) is 10.9. The molecule has 0 aliphatic heterocycles. The number of rotatable bonds is 9. The molecule has 0 aliphatic carbocycles. The molecule has 0 saturated heterocycles. The molecule has 0 unspecified atom stereocenters. The first-order chi connectivity index (χ1) is 9.54. The van der Waals surface area contributed by atoms with Crippen LogP contribution >= 0.6 is 31.9 Å². The van der Waals surface area contributed by atoms with Crippen LogP contribution in [0.1, 0.15) is 33.1 Å². The van der Waals surface area contributed by atoms with Gasteiger partial charge in [0.2, 0.25) is 0 Å². The SMILES string of the molecule is COc1cc(Br)c(OCCCCCNC(C)C)cc1Br. The van der Waals surface area contributed by atoms with E-state index in [-0.39, 0.29) is 0 Å². The van der Waals surface area contributed by atoms with Gasteiger partial charge in [-0.2, -0.15) is 0 Å². The minimum absolute atomic E-state index is 0.568. The van der Waals surface area contributed by atoms with Crippen LogP contribution in [0.25, 0.3) is 0 Å². The number of benzene rings is 1. The Bertz CT molecular complexity index is 411. The fraction of sp³-hybridized carbons (Fsp3) is 0.600. The van der Waals surface area contributed by atoms with E-state index < -0.39 is 0 Å². The number of nitrogens with one attached hydrogen (secondary N) is 1. The molecule has 1 N–H and O–H groups in total. The van der Waals surface area contributed by atoms with Crippen molar-refractivity contribution in [1.82, 2.24) is 5.32 Å². The summed E-state index contributed by atoms with van der Waals surface area (Å²) >= 11 is 6.96. The maximum atomic E-state index is 5.79. The Hall–Kier alpha value is -0.260. The molecule has 0 saturated carbocycles. The van der Waals surface area contributed by atoms with Gasteiger partial charge in [0, 0.05) is 6.04 Å². The van der Waals surface area contributed by atoms with Crippen LogP contribution in [0.3, 0.4) is 0 Å². The van der Waals surface area contributed by atoms with Crippen molar-refractivity contribution in [1.29, 1.82) is 0 Å². The quantitative estimate of drug-likeness (QED) is 0.597. The number of ether oxygens (including phenoxy) is 2. The van der Waals surface area contributed by atoms with Gasteiger partial charge >= 0.3 is 0 Å². The third kappa shape index (κ3) is 6.46. The zero-order valence-corrected chi connectivity index (χ0v) is 15.5. The smallest absolute Gasteiger partial charge is 0.134 e. The second-order valence-corrected chi connectivity index (χ2v) is 6.64. The van der Waals surface area contributed by atoms with Crippen molar-refractivity contribution in [2.45, 2.75) is 39.2 Å². The Morgan fingerprint density at radius 2 is 1.70 bits per heavy atom. The highest BCUT2D eigenvalue weighted by molar-refractivity contribution is 9.11. The van der Waals surface area contributed by atoms with Gasteiger partial charge in [-0.15, -0.1) is 0 Å². The maximum absolute atomic E-state index is 5.79. The zero-order valence-electron chi connectivity index (χ0n) is 12.3. The number of hydrogen-bond acceptors (Lipinski definition) is 3. The molecule has 20 heavy (non-hydrogen) atoms. The van der Waals surface area contributed by atoms with Crippen molar-refractivity contribution in [2.24, 2.45) is 0 Å². The van der Waals surface area contributed by atoms with Crippen LogP contribution in [-0.2, 0) is 0 Å². The van der Waals surface area contributed by atoms with Gasteiger partial charge in [0.15, 0.2) is 0 Å². The van der Waals surface area contributed by atoms with Gasteiger partial charge in [-0.25, -0.2) is 0 Å². The Morgan fingerprint density at radius 3 is 2.35 bits per heavy atom. The summed E-state index contributed by atoms with van der Waals surface area (Å²) in [6.45, 7) is 6.15. The molecule has 114 valence electrons. The highest BCUT2D eigenvalue weighted by Crippen LogP contribution is 2.36. The van der Waals surface area contributed by atoms with Crippen molar-refractivity contribution < 1.29 is 9.47 Å². The molecule has 3 nitrogen and oxygen atoms in total. The minimum atomic E-state index is 0.568. The first kappa shape index (κ1) is 17.8. The summed E-state index contributed by atoms with van der Waals surface area (Å²) in [6.07, 6.45) is 3.43. The van der Waals surface area contributed by atoms with E-state index in [2.05, 4.69) is 51.0 Å². The van der Waals surface area contributed by atoms with Gasteiger partial charge in [-0.1, -0.05) is 13.8 Å². The maximum Gasteiger partial charge on any atom is 0.134 e. The molecule has 0 fully saturated rings. The second kappa shape index (κ2) is 9.64. The number of methoxy groups -OCH3 is 1.